The van der Waals surface area contributed by atoms with Crippen LogP contribution in [0.25, 0.3) is 0 Å². The normalized spacial score (nSPS) is 12.6. The van der Waals surface area contributed by atoms with E-state index in [-0.39, 0.29) is 0 Å². The predicted octanol–water partition coefficient (Wildman–Crippen LogP) is 1.83. The molecule has 3 rings (SSSR count). The van der Waals surface area contributed by atoms with Gasteiger partial charge in [-0.1, -0.05) is 6.07 Å². The van der Waals surface area contributed by atoms with Gasteiger partial charge in [-0.2, -0.15) is 5.26 Å². The van der Waals surface area contributed by atoms with Crippen molar-refractivity contribution in [1.29, 1.82) is 5.26 Å². The van der Waals surface area contributed by atoms with E-state index in [2.05, 4.69) is 16.0 Å². The predicted molar refractivity (Wildman–Crippen MR) is 60.3 cm³/mol. The number of nitrogens with zero attached hydrogens (tertiary/aromatic N) is 3. The summed E-state index contributed by atoms with van der Waals surface area (Å²) in [6.07, 6.45) is 3.92. The summed E-state index contributed by atoms with van der Waals surface area (Å²) in [6.45, 7) is 0.408. The van der Waals surface area contributed by atoms with Gasteiger partial charge in [0.2, 0.25) is 0 Å². The van der Waals surface area contributed by atoms with Crippen molar-refractivity contribution in [3.8, 4) is 11.8 Å². The zero-order chi connectivity index (χ0) is 11.7. The fourth-order valence-electron chi connectivity index (χ4n) is 1.97. The number of rotatable bonds is 0. The SMILES string of the molecule is N#Cc1cccc2c1Cc1nccnc1CO2. The van der Waals surface area contributed by atoms with E-state index in [0.29, 0.717) is 18.6 Å². The van der Waals surface area contributed by atoms with Gasteiger partial charge in [0.05, 0.1) is 23.0 Å². The van der Waals surface area contributed by atoms with Crippen molar-refractivity contribution in [3.63, 3.8) is 0 Å². The van der Waals surface area contributed by atoms with E-state index in [1.165, 1.54) is 0 Å². The van der Waals surface area contributed by atoms with Crippen LogP contribution in [0.1, 0.15) is 22.5 Å². The van der Waals surface area contributed by atoms with Gasteiger partial charge in [-0.15, -0.1) is 0 Å². The third kappa shape index (κ3) is 1.62. The summed E-state index contributed by atoms with van der Waals surface area (Å²) >= 11 is 0. The Hall–Kier alpha value is -2.41. The highest BCUT2D eigenvalue weighted by molar-refractivity contribution is 5.49. The molecule has 0 N–H and O–H groups in total. The second-order valence-electron chi connectivity index (χ2n) is 3.81. The van der Waals surface area contributed by atoms with Crippen molar-refractivity contribution in [2.75, 3.05) is 0 Å². The maximum Gasteiger partial charge on any atom is 0.132 e. The molecule has 4 nitrogen and oxygen atoms in total. The van der Waals surface area contributed by atoms with Crippen LogP contribution in [-0.2, 0) is 13.0 Å². The van der Waals surface area contributed by atoms with Crippen LogP contribution in [0, 0.1) is 11.3 Å². The van der Waals surface area contributed by atoms with E-state index in [0.717, 1.165) is 22.7 Å². The maximum atomic E-state index is 9.09. The average molecular weight is 223 g/mol. The van der Waals surface area contributed by atoms with Gasteiger partial charge in [0.15, 0.2) is 0 Å². The quantitative estimate of drug-likeness (QED) is 0.683. The van der Waals surface area contributed by atoms with Crippen LogP contribution in [0.3, 0.4) is 0 Å². The van der Waals surface area contributed by atoms with Gasteiger partial charge in [-0.3, -0.25) is 9.97 Å². The monoisotopic (exact) mass is 223 g/mol. The summed E-state index contributed by atoms with van der Waals surface area (Å²) < 4.78 is 5.66. The molecule has 0 amide bonds. The molecule has 0 radical (unpaired) electrons. The molecular formula is C13H9N3O. The zero-order valence-corrected chi connectivity index (χ0v) is 9.05. The number of nitriles is 1. The van der Waals surface area contributed by atoms with Gasteiger partial charge < -0.3 is 4.74 Å². The second-order valence-corrected chi connectivity index (χ2v) is 3.81. The fraction of sp³-hybridized carbons (Fsp3) is 0.154. The smallest absolute Gasteiger partial charge is 0.132 e. The van der Waals surface area contributed by atoms with E-state index in [1.807, 2.05) is 12.1 Å². The number of hydrogen-bond acceptors (Lipinski definition) is 4. The van der Waals surface area contributed by atoms with Crippen molar-refractivity contribution in [3.05, 3.63) is 53.1 Å². The molecule has 1 aromatic heterocycles. The lowest BCUT2D eigenvalue weighted by Crippen LogP contribution is -2.00. The van der Waals surface area contributed by atoms with Crippen molar-refractivity contribution in [1.82, 2.24) is 9.97 Å². The van der Waals surface area contributed by atoms with Gasteiger partial charge >= 0.3 is 0 Å². The van der Waals surface area contributed by atoms with Gasteiger partial charge in [0, 0.05) is 24.4 Å². The summed E-state index contributed by atoms with van der Waals surface area (Å²) in [5, 5.41) is 9.09. The molecule has 0 bridgehead atoms. The number of hydrogen-bond donors (Lipinski definition) is 0. The largest absolute Gasteiger partial charge is 0.487 e. The Balaban J connectivity index is 2.16. The number of fused-ring (bicyclic) bond motifs is 2. The molecule has 17 heavy (non-hydrogen) atoms. The summed E-state index contributed by atoms with van der Waals surface area (Å²) in [5.74, 6) is 0.754. The van der Waals surface area contributed by atoms with Crippen LogP contribution in [0.4, 0.5) is 0 Å². The minimum atomic E-state index is 0.408. The Morgan fingerprint density at radius 3 is 2.82 bits per heavy atom. The standard InChI is InChI=1S/C13H9N3O/c14-7-9-2-1-3-13-10(9)6-11-12(8-17-13)16-5-4-15-11/h1-5H,6,8H2. The molecule has 82 valence electrons. The first-order valence-corrected chi connectivity index (χ1v) is 5.32. The third-order valence-corrected chi connectivity index (χ3v) is 2.82. The highest BCUT2D eigenvalue weighted by atomic mass is 16.5. The summed E-state index contributed by atoms with van der Waals surface area (Å²) in [6, 6.07) is 7.69. The zero-order valence-electron chi connectivity index (χ0n) is 9.05. The van der Waals surface area contributed by atoms with Crippen molar-refractivity contribution >= 4 is 0 Å². The Kier molecular flexibility index (Phi) is 2.23. The lowest BCUT2D eigenvalue weighted by atomic mass is 10.0. The Morgan fingerprint density at radius 1 is 1.18 bits per heavy atom. The second kappa shape index (κ2) is 3.87. The van der Waals surface area contributed by atoms with E-state index < -0.39 is 0 Å². The van der Waals surface area contributed by atoms with Gasteiger partial charge in [-0.25, -0.2) is 0 Å². The van der Waals surface area contributed by atoms with Crippen molar-refractivity contribution in [2.24, 2.45) is 0 Å². The van der Waals surface area contributed by atoms with Crippen LogP contribution in [0.5, 0.6) is 5.75 Å². The molecule has 0 spiro atoms. The molecule has 1 aliphatic rings. The Bertz CT molecular complexity index is 616. The molecule has 0 saturated carbocycles. The average Bonchev–Trinajstić information content (AvgIpc) is 2.57. The summed E-state index contributed by atoms with van der Waals surface area (Å²) in [4.78, 5) is 8.55. The van der Waals surface area contributed by atoms with Gasteiger partial charge in [0.25, 0.3) is 0 Å². The number of ether oxygens (including phenoxy) is 1. The number of benzene rings is 1. The molecule has 2 aromatic rings. The molecular weight excluding hydrogens is 214 g/mol. The topological polar surface area (TPSA) is 58.8 Å². The highest BCUT2D eigenvalue weighted by Crippen LogP contribution is 2.28. The fourth-order valence-corrected chi connectivity index (χ4v) is 1.97. The molecule has 0 atom stereocenters. The van der Waals surface area contributed by atoms with Crippen LogP contribution < -0.4 is 4.74 Å². The Labute approximate surface area is 98.5 Å². The van der Waals surface area contributed by atoms with Crippen molar-refractivity contribution < 1.29 is 4.74 Å². The first-order chi connectivity index (χ1) is 8.38. The van der Waals surface area contributed by atoms with Crippen LogP contribution in [-0.4, -0.2) is 9.97 Å². The maximum absolute atomic E-state index is 9.09. The molecule has 4 heteroatoms. The van der Waals surface area contributed by atoms with E-state index in [9.17, 15) is 0 Å². The Morgan fingerprint density at radius 2 is 2.00 bits per heavy atom. The molecule has 1 aromatic carbocycles. The molecule has 0 unspecified atom stereocenters. The lowest BCUT2D eigenvalue weighted by Gasteiger charge is -2.06. The van der Waals surface area contributed by atoms with Crippen LogP contribution >= 0.6 is 0 Å². The lowest BCUT2D eigenvalue weighted by molar-refractivity contribution is 0.302. The molecule has 0 fully saturated rings. The molecule has 0 aliphatic carbocycles. The summed E-state index contributed by atoms with van der Waals surface area (Å²) in [5.41, 5.74) is 3.26. The van der Waals surface area contributed by atoms with Crippen LogP contribution in [0.2, 0.25) is 0 Å². The van der Waals surface area contributed by atoms with Gasteiger partial charge in [0.1, 0.15) is 12.4 Å². The van der Waals surface area contributed by atoms with E-state index in [1.54, 1.807) is 18.5 Å². The van der Waals surface area contributed by atoms with E-state index >= 15 is 0 Å². The molecule has 1 aliphatic heterocycles. The molecule has 0 saturated heterocycles. The summed E-state index contributed by atoms with van der Waals surface area (Å²) in [7, 11) is 0. The number of aromatic nitrogens is 2. The van der Waals surface area contributed by atoms with Crippen LogP contribution in [0.15, 0.2) is 30.6 Å². The minimum absolute atomic E-state index is 0.408. The van der Waals surface area contributed by atoms with Crippen molar-refractivity contribution in [2.45, 2.75) is 13.0 Å². The van der Waals surface area contributed by atoms with Gasteiger partial charge in [-0.05, 0) is 12.1 Å². The molecule has 2 heterocycles. The first kappa shape index (κ1) is 9.79. The van der Waals surface area contributed by atoms with E-state index in [4.69, 9.17) is 10.00 Å². The third-order valence-electron chi connectivity index (χ3n) is 2.82. The minimum Gasteiger partial charge on any atom is -0.487 e. The first-order valence-electron chi connectivity index (χ1n) is 5.32. The highest BCUT2D eigenvalue weighted by Gasteiger charge is 2.18.